The number of amides is 1. The highest BCUT2D eigenvalue weighted by atomic mass is 35.5. The van der Waals surface area contributed by atoms with Crippen LogP contribution in [0.5, 0.6) is 5.75 Å². The summed E-state index contributed by atoms with van der Waals surface area (Å²) in [7, 11) is -2.29. The van der Waals surface area contributed by atoms with Crippen molar-refractivity contribution in [3.05, 3.63) is 48.0 Å². The summed E-state index contributed by atoms with van der Waals surface area (Å²) in [6, 6.07) is 11.5. The number of carbonyl (C=O) groups excluding carboxylic acids is 1. The minimum Gasteiger partial charge on any atom is -0.495 e. The van der Waals surface area contributed by atoms with E-state index >= 15 is 0 Å². The van der Waals surface area contributed by atoms with Crippen molar-refractivity contribution in [3.8, 4) is 5.75 Å². The molecule has 0 aromatic heterocycles. The van der Waals surface area contributed by atoms with Crippen molar-refractivity contribution in [2.24, 2.45) is 0 Å². The number of hydrogen-bond donors (Lipinski definition) is 3. The van der Waals surface area contributed by atoms with Gasteiger partial charge in [0, 0.05) is 17.4 Å². The average Bonchev–Trinajstić information content (AvgIpc) is 3.40. The molecule has 27 heavy (non-hydrogen) atoms. The second-order valence-electron chi connectivity index (χ2n) is 6.23. The highest BCUT2D eigenvalue weighted by molar-refractivity contribution is 7.89. The van der Waals surface area contributed by atoms with Gasteiger partial charge in [0.05, 0.1) is 13.5 Å². The van der Waals surface area contributed by atoms with Gasteiger partial charge in [0.15, 0.2) is 0 Å². The van der Waals surface area contributed by atoms with Gasteiger partial charge in [0.2, 0.25) is 15.9 Å². The van der Waals surface area contributed by atoms with Gasteiger partial charge in [-0.15, -0.1) is 12.4 Å². The van der Waals surface area contributed by atoms with Gasteiger partial charge in [-0.25, -0.2) is 13.1 Å². The number of anilines is 2. The molecule has 0 heterocycles. The van der Waals surface area contributed by atoms with E-state index in [1.54, 1.807) is 30.3 Å². The fourth-order valence-corrected chi connectivity index (χ4v) is 3.97. The Hall–Kier alpha value is -2.29. The fourth-order valence-electron chi connectivity index (χ4n) is 2.47. The molecule has 9 heteroatoms. The normalized spacial score (nSPS) is 13.5. The lowest BCUT2D eigenvalue weighted by Crippen LogP contribution is -2.26. The summed E-state index contributed by atoms with van der Waals surface area (Å²) in [5, 5.41) is 2.72. The molecule has 2 aromatic rings. The average molecular weight is 412 g/mol. The van der Waals surface area contributed by atoms with E-state index in [9.17, 15) is 13.2 Å². The molecular weight excluding hydrogens is 390 g/mol. The molecule has 1 fully saturated rings. The summed E-state index contributed by atoms with van der Waals surface area (Å²) in [6.07, 6.45) is 1.83. The summed E-state index contributed by atoms with van der Waals surface area (Å²) < 4.78 is 32.8. The van der Waals surface area contributed by atoms with Gasteiger partial charge in [-0.2, -0.15) is 0 Å². The number of hydrogen-bond acceptors (Lipinski definition) is 5. The third-order valence-electron chi connectivity index (χ3n) is 3.98. The molecule has 0 atom stereocenters. The first-order valence-corrected chi connectivity index (χ1v) is 9.70. The molecule has 0 aliphatic heterocycles. The van der Waals surface area contributed by atoms with E-state index in [2.05, 4.69) is 10.0 Å². The molecule has 0 spiro atoms. The third kappa shape index (κ3) is 5.59. The van der Waals surface area contributed by atoms with Crippen LogP contribution < -0.4 is 20.5 Å². The summed E-state index contributed by atoms with van der Waals surface area (Å²) in [5.41, 5.74) is 7.46. The quantitative estimate of drug-likeness (QED) is 0.605. The Balaban J connectivity index is 0.00000261. The van der Waals surface area contributed by atoms with Crippen molar-refractivity contribution >= 4 is 39.7 Å². The SMILES string of the molecule is COc1ccc(NC(=O)Cc2ccc(N)cc2)cc1S(=O)(=O)NC1CC1.Cl. The van der Waals surface area contributed by atoms with Gasteiger partial charge in [-0.05, 0) is 48.7 Å². The molecule has 0 unspecified atom stereocenters. The molecule has 4 N–H and O–H groups in total. The number of ether oxygens (including phenoxy) is 1. The van der Waals surface area contributed by atoms with Gasteiger partial charge in [-0.3, -0.25) is 4.79 Å². The van der Waals surface area contributed by atoms with Gasteiger partial charge in [-0.1, -0.05) is 12.1 Å². The predicted octanol–water partition coefficient (Wildman–Crippen LogP) is 2.32. The van der Waals surface area contributed by atoms with Crippen molar-refractivity contribution in [2.45, 2.75) is 30.2 Å². The minimum atomic E-state index is -3.70. The van der Waals surface area contributed by atoms with Crippen LogP contribution in [0.1, 0.15) is 18.4 Å². The monoisotopic (exact) mass is 411 g/mol. The lowest BCUT2D eigenvalue weighted by molar-refractivity contribution is -0.115. The van der Waals surface area contributed by atoms with Crippen LogP contribution in [0, 0.1) is 0 Å². The summed E-state index contributed by atoms with van der Waals surface area (Å²) in [4.78, 5) is 12.2. The van der Waals surface area contributed by atoms with E-state index in [1.807, 2.05) is 0 Å². The first-order chi connectivity index (χ1) is 12.4. The summed E-state index contributed by atoms with van der Waals surface area (Å²) in [6.45, 7) is 0. The van der Waals surface area contributed by atoms with Crippen molar-refractivity contribution < 1.29 is 17.9 Å². The molecule has 1 aliphatic carbocycles. The van der Waals surface area contributed by atoms with Crippen LogP contribution >= 0.6 is 12.4 Å². The second kappa shape index (κ2) is 8.60. The molecular formula is C18H22ClN3O4S. The number of rotatable bonds is 7. The maximum atomic E-state index is 12.5. The van der Waals surface area contributed by atoms with Gasteiger partial charge in [0.25, 0.3) is 0 Å². The van der Waals surface area contributed by atoms with Crippen LogP contribution in [-0.2, 0) is 21.2 Å². The van der Waals surface area contributed by atoms with E-state index in [4.69, 9.17) is 10.5 Å². The Bertz CT molecular complexity index is 913. The maximum absolute atomic E-state index is 12.5. The van der Waals surface area contributed by atoms with Gasteiger partial charge < -0.3 is 15.8 Å². The number of nitrogens with one attached hydrogen (secondary N) is 2. The maximum Gasteiger partial charge on any atom is 0.244 e. The van der Waals surface area contributed by atoms with Crippen LogP contribution in [0.3, 0.4) is 0 Å². The van der Waals surface area contributed by atoms with Crippen LogP contribution in [0.4, 0.5) is 11.4 Å². The Kier molecular flexibility index (Phi) is 6.69. The smallest absolute Gasteiger partial charge is 0.244 e. The first kappa shape index (κ1) is 21.0. The van der Waals surface area contributed by atoms with E-state index in [-0.39, 0.29) is 41.4 Å². The Labute approximate surface area is 164 Å². The molecule has 0 radical (unpaired) electrons. The zero-order valence-electron chi connectivity index (χ0n) is 14.8. The molecule has 1 amide bonds. The molecule has 0 bridgehead atoms. The van der Waals surface area contributed by atoms with Crippen molar-refractivity contribution in [2.75, 3.05) is 18.2 Å². The fraction of sp³-hybridized carbons (Fsp3) is 0.278. The molecule has 146 valence electrons. The van der Waals surface area contributed by atoms with E-state index in [0.717, 1.165) is 18.4 Å². The van der Waals surface area contributed by atoms with Gasteiger partial charge >= 0.3 is 0 Å². The predicted molar refractivity (Wildman–Crippen MR) is 107 cm³/mol. The minimum absolute atomic E-state index is 0. The molecule has 1 saturated carbocycles. The van der Waals surface area contributed by atoms with E-state index in [0.29, 0.717) is 11.4 Å². The summed E-state index contributed by atoms with van der Waals surface area (Å²) in [5.74, 6) is -0.0203. The summed E-state index contributed by atoms with van der Waals surface area (Å²) >= 11 is 0. The van der Waals surface area contributed by atoms with Crippen LogP contribution in [-0.4, -0.2) is 27.5 Å². The van der Waals surface area contributed by atoms with Gasteiger partial charge in [0.1, 0.15) is 10.6 Å². The Morgan fingerprint density at radius 2 is 1.85 bits per heavy atom. The lowest BCUT2D eigenvalue weighted by Gasteiger charge is -2.13. The zero-order valence-corrected chi connectivity index (χ0v) is 16.4. The number of nitrogens with two attached hydrogens (primary N) is 1. The largest absolute Gasteiger partial charge is 0.495 e. The van der Waals surface area contributed by atoms with Crippen molar-refractivity contribution in [1.29, 1.82) is 0 Å². The van der Waals surface area contributed by atoms with E-state index < -0.39 is 10.0 Å². The topological polar surface area (TPSA) is 111 Å². The van der Waals surface area contributed by atoms with Crippen molar-refractivity contribution in [3.63, 3.8) is 0 Å². The Morgan fingerprint density at radius 3 is 2.44 bits per heavy atom. The number of nitrogen functional groups attached to an aromatic ring is 1. The number of methoxy groups -OCH3 is 1. The highest BCUT2D eigenvalue weighted by Gasteiger charge is 2.30. The van der Waals surface area contributed by atoms with E-state index in [1.165, 1.54) is 19.2 Å². The molecule has 1 aliphatic rings. The lowest BCUT2D eigenvalue weighted by atomic mass is 10.1. The Morgan fingerprint density at radius 1 is 1.19 bits per heavy atom. The molecule has 7 nitrogen and oxygen atoms in total. The number of benzene rings is 2. The zero-order chi connectivity index (χ0) is 18.7. The molecule has 3 rings (SSSR count). The standard InChI is InChI=1S/C18H21N3O4S.ClH/c1-25-16-9-8-15(11-17(16)26(23,24)21-14-6-7-14)20-18(22)10-12-2-4-13(19)5-3-12;/h2-5,8-9,11,14,21H,6-7,10,19H2,1H3,(H,20,22);1H. The molecule has 0 saturated heterocycles. The first-order valence-electron chi connectivity index (χ1n) is 8.22. The number of carbonyl (C=O) groups is 1. The van der Waals surface area contributed by atoms with Crippen molar-refractivity contribution in [1.82, 2.24) is 4.72 Å². The van der Waals surface area contributed by atoms with Crippen LogP contribution in [0.25, 0.3) is 0 Å². The number of sulfonamides is 1. The molecule has 2 aromatic carbocycles. The van der Waals surface area contributed by atoms with Crippen LogP contribution in [0.15, 0.2) is 47.4 Å². The third-order valence-corrected chi connectivity index (χ3v) is 5.52. The number of halogens is 1. The highest BCUT2D eigenvalue weighted by Crippen LogP contribution is 2.29. The second-order valence-corrected chi connectivity index (χ2v) is 7.91. The van der Waals surface area contributed by atoms with Crippen LogP contribution in [0.2, 0.25) is 0 Å².